The first-order valence-electron chi connectivity index (χ1n) is 7.84. The van der Waals surface area contributed by atoms with Crippen molar-refractivity contribution in [2.24, 2.45) is 5.92 Å². The zero-order chi connectivity index (χ0) is 12.8. The Labute approximate surface area is 112 Å². The topological polar surface area (TPSA) is 24.5 Å². The van der Waals surface area contributed by atoms with Crippen LogP contribution in [0.4, 0.5) is 0 Å². The smallest absolute Gasteiger partial charge is 0.0702 e. The second kappa shape index (κ2) is 7.46. The number of rotatable bonds is 7. The normalized spacial score (nSPS) is 27.2. The van der Waals surface area contributed by atoms with Crippen LogP contribution in [0.2, 0.25) is 0 Å². The molecule has 1 saturated carbocycles. The molecule has 1 aliphatic carbocycles. The van der Waals surface area contributed by atoms with E-state index in [1.54, 1.807) is 0 Å². The van der Waals surface area contributed by atoms with E-state index in [9.17, 15) is 0 Å². The van der Waals surface area contributed by atoms with E-state index in [0.717, 1.165) is 25.6 Å². The predicted molar refractivity (Wildman–Crippen MR) is 75.9 cm³/mol. The van der Waals surface area contributed by atoms with E-state index >= 15 is 0 Å². The van der Waals surface area contributed by atoms with Crippen LogP contribution in [0.1, 0.15) is 45.4 Å². The average Bonchev–Trinajstić information content (AvgIpc) is 3.07. The first-order valence-corrected chi connectivity index (χ1v) is 7.84. The summed E-state index contributed by atoms with van der Waals surface area (Å²) in [4.78, 5) is 2.58. The largest absolute Gasteiger partial charge is 0.377 e. The van der Waals surface area contributed by atoms with Gasteiger partial charge in [0.15, 0.2) is 0 Å². The third-order valence-corrected chi connectivity index (χ3v) is 4.73. The highest BCUT2D eigenvalue weighted by Crippen LogP contribution is 2.28. The number of hydrogen-bond donors (Lipinski definition) is 1. The zero-order valence-electron chi connectivity index (χ0n) is 12.2. The van der Waals surface area contributed by atoms with Crippen molar-refractivity contribution in [3.8, 4) is 0 Å². The molecule has 1 N–H and O–H groups in total. The standard InChI is InChI=1S/C15H30N2O/c1-3-17(11-14-9-6-10-18-14)12-15(16-2)13-7-4-5-8-13/h13-16H,3-12H2,1-2H3. The van der Waals surface area contributed by atoms with Gasteiger partial charge in [-0.15, -0.1) is 0 Å². The van der Waals surface area contributed by atoms with Crippen molar-refractivity contribution in [2.45, 2.75) is 57.6 Å². The summed E-state index contributed by atoms with van der Waals surface area (Å²) in [6.07, 6.45) is 8.70. The van der Waals surface area contributed by atoms with Crippen molar-refractivity contribution in [1.82, 2.24) is 10.2 Å². The molecule has 3 nitrogen and oxygen atoms in total. The van der Waals surface area contributed by atoms with E-state index in [1.807, 2.05) is 0 Å². The summed E-state index contributed by atoms with van der Waals surface area (Å²) >= 11 is 0. The fraction of sp³-hybridized carbons (Fsp3) is 1.00. The lowest BCUT2D eigenvalue weighted by Gasteiger charge is -2.31. The van der Waals surface area contributed by atoms with E-state index in [0.29, 0.717) is 12.1 Å². The Morgan fingerprint density at radius 1 is 1.22 bits per heavy atom. The molecule has 106 valence electrons. The van der Waals surface area contributed by atoms with Crippen molar-refractivity contribution in [3.63, 3.8) is 0 Å². The SMILES string of the molecule is CCN(CC1CCCO1)CC(NC)C1CCCC1. The van der Waals surface area contributed by atoms with Gasteiger partial charge >= 0.3 is 0 Å². The molecule has 0 aromatic carbocycles. The molecule has 2 rings (SSSR count). The van der Waals surface area contributed by atoms with Crippen LogP contribution in [0.25, 0.3) is 0 Å². The highest BCUT2D eigenvalue weighted by atomic mass is 16.5. The third-order valence-electron chi connectivity index (χ3n) is 4.73. The lowest BCUT2D eigenvalue weighted by atomic mass is 9.97. The quantitative estimate of drug-likeness (QED) is 0.754. The van der Waals surface area contributed by atoms with Crippen molar-refractivity contribution < 1.29 is 4.74 Å². The van der Waals surface area contributed by atoms with E-state index in [-0.39, 0.29) is 0 Å². The van der Waals surface area contributed by atoms with Gasteiger partial charge in [-0.25, -0.2) is 0 Å². The van der Waals surface area contributed by atoms with Crippen molar-refractivity contribution >= 4 is 0 Å². The summed E-state index contributed by atoms with van der Waals surface area (Å²) < 4.78 is 5.76. The monoisotopic (exact) mass is 254 g/mol. The van der Waals surface area contributed by atoms with Gasteiger partial charge in [-0.3, -0.25) is 4.90 Å². The highest BCUT2D eigenvalue weighted by Gasteiger charge is 2.26. The number of hydrogen-bond acceptors (Lipinski definition) is 3. The summed E-state index contributed by atoms with van der Waals surface area (Å²) in [6, 6.07) is 0.675. The third kappa shape index (κ3) is 3.94. The van der Waals surface area contributed by atoms with Gasteiger partial charge in [-0.05, 0) is 45.2 Å². The minimum atomic E-state index is 0.492. The van der Waals surface area contributed by atoms with Crippen LogP contribution in [0.5, 0.6) is 0 Å². The highest BCUT2D eigenvalue weighted by molar-refractivity contribution is 4.83. The lowest BCUT2D eigenvalue weighted by Crippen LogP contribution is -2.45. The molecule has 2 unspecified atom stereocenters. The molecule has 2 aliphatic rings. The number of ether oxygens (including phenoxy) is 1. The molecular formula is C15H30N2O. The van der Waals surface area contributed by atoms with Gasteiger partial charge < -0.3 is 10.1 Å². The maximum atomic E-state index is 5.76. The van der Waals surface area contributed by atoms with Gasteiger partial charge in [-0.1, -0.05) is 19.8 Å². The van der Waals surface area contributed by atoms with Crippen molar-refractivity contribution in [1.29, 1.82) is 0 Å². The second-order valence-electron chi connectivity index (χ2n) is 5.93. The van der Waals surface area contributed by atoms with Crippen molar-refractivity contribution in [3.05, 3.63) is 0 Å². The molecule has 2 atom stereocenters. The van der Waals surface area contributed by atoms with Crippen LogP contribution in [0.3, 0.4) is 0 Å². The molecule has 1 saturated heterocycles. The minimum Gasteiger partial charge on any atom is -0.377 e. The predicted octanol–water partition coefficient (Wildman–Crippen LogP) is 2.27. The van der Waals surface area contributed by atoms with E-state index in [4.69, 9.17) is 4.74 Å². The number of nitrogens with one attached hydrogen (secondary N) is 1. The molecule has 18 heavy (non-hydrogen) atoms. The molecule has 1 heterocycles. The van der Waals surface area contributed by atoms with Crippen LogP contribution in [0.15, 0.2) is 0 Å². The molecule has 0 aromatic heterocycles. The van der Waals surface area contributed by atoms with E-state index < -0.39 is 0 Å². The Kier molecular flexibility index (Phi) is 5.93. The molecule has 0 bridgehead atoms. The zero-order valence-corrected chi connectivity index (χ0v) is 12.2. The van der Waals surface area contributed by atoms with Crippen LogP contribution in [0, 0.1) is 5.92 Å². The summed E-state index contributed by atoms with van der Waals surface area (Å²) in [7, 11) is 2.13. The van der Waals surface area contributed by atoms with Crippen molar-refractivity contribution in [2.75, 3.05) is 33.3 Å². The van der Waals surface area contributed by atoms with Gasteiger partial charge in [0.1, 0.15) is 0 Å². The Morgan fingerprint density at radius 3 is 2.56 bits per heavy atom. The summed E-state index contributed by atoms with van der Waals surface area (Å²) in [5, 5.41) is 3.55. The van der Waals surface area contributed by atoms with E-state index in [2.05, 4.69) is 24.2 Å². The molecule has 0 amide bonds. The molecular weight excluding hydrogens is 224 g/mol. The number of likely N-dealkylation sites (N-methyl/N-ethyl adjacent to an activating group) is 2. The van der Waals surface area contributed by atoms with E-state index in [1.165, 1.54) is 45.1 Å². The molecule has 0 spiro atoms. The molecule has 0 radical (unpaired) electrons. The van der Waals surface area contributed by atoms with Crippen LogP contribution in [-0.4, -0.2) is 50.3 Å². The van der Waals surface area contributed by atoms with Crippen LogP contribution >= 0.6 is 0 Å². The molecule has 3 heteroatoms. The molecule has 0 aromatic rings. The van der Waals surface area contributed by atoms with Gasteiger partial charge in [0.25, 0.3) is 0 Å². The number of nitrogens with zero attached hydrogens (tertiary/aromatic N) is 1. The van der Waals surface area contributed by atoms with Crippen LogP contribution < -0.4 is 5.32 Å². The average molecular weight is 254 g/mol. The molecule has 1 aliphatic heterocycles. The summed E-state index contributed by atoms with van der Waals surface area (Å²) in [5.41, 5.74) is 0. The Morgan fingerprint density at radius 2 is 2.00 bits per heavy atom. The van der Waals surface area contributed by atoms with Crippen LogP contribution in [-0.2, 0) is 4.74 Å². The Balaban J connectivity index is 1.78. The summed E-state index contributed by atoms with van der Waals surface area (Å²) in [5.74, 6) is 0.897. The Hall–Kier alpha value is -0.120. The first-order chi connectivity index (χ1) is 8.83. The van der Waals surface area contributed by atoms with Gasteiger partial charge in [0, 0.05) is 25.7 Å². The van der Waals surface area contributed by atoms with Gasteiger partial charge in [0.05, 0.1) is 6.10 Å². The second-order valence-corrected chi connectivity index (χ2v) is 5.93. The first kappa shape index (κ1) is 14.3. The maximum absolute atomic E-state index is 5.76. The molecule has 2 fully saturated rings. The maximum Gasteiger partial charge on any atom is 0.0702 e. The van der Waals surface area contributed by atoms with Gasteiger partial charge in [0.2, 0.25) is 0 Å². The minimum absolute atomic E-state index is 0.492. The fourth-order valence-electron chi connectivity index (χ4n) is 3.52. The fourth-order valence-corrected chi connectivity index (χ4v) is 3.52. The Bertz CT molecular complexity index is 223. The lowest BCUT2D eigenvalue weighted by molar-refractivity contribution is 0.0690. The summed E-state index contributed by atoms with van der Waals surface area (Å²) in [6.45, 7) is 6.71. The van der Waals surface area contributed by atoms with Gasteiger partial charge in [-0.2, -0.15) is 0 Å².